The second-order valence-corrected chi connectivity index (χ2v) is 22.3. The molecule has 8 rings (SSSR count). The van der Waals surface area contributed by atoms with Crippen LogP contribution in [0.2, 0.25) is 0 Å². The van der Waals surface area contributed by atoms with Gasteiger partial charge in [-0.05, 0) is 100.0 Å². The van der Waals surface area contributed by atoms with Crippen molar-refractivity contribution in [3.05, 3.63) is 153 Å². The highest BCUT2D eigenvalue weighted by atomic mass is 127. The molecule has 4 aromatic rings. The topological polar surface area (TPSA) is 176 Å². The number of nitriles is 2. The zero-order valence-corrected chi connectivity index (χ0v) is 49.5. The van der Waals surface area contributed by atoms with Crippen molar-refractivity contribution in [2.75, 3.05) is 118 Å². The number of nitrogens with zero attached hydrogens (tertiary/aromatic N) is 11. The smallest absolute Gasteiger partial charge is 0.416 e. The average Bonchev–Trinajstić information content (AvgIpc) is 1.58. The number of benzene rings is 4. The number of ketones is 2. The number of halogens is 7. The van der Waals surface area contributed by atoms with Gasteiger partial charge >= 0.3 is 24.4 Å². The number of hydrogen-bond acceptors (Lipinski definition) is 10. The largest absolute Gasteiger partial charge is 1.00 e. The molecule has 0 spiro atoms. The summed E-state index contributed by atoms with van der Waals surface area (Å²) >= 11 is 0. The van der Waals surface area contributed by atoms with Gasteiger partial charge in [0.05, 0.1) is 134 Å². The Morgan fingerprint density at radius 2 is 0.940 bits per heavy atom. The molecule has 4 aromatic carbocycles. The van der Waals surface area contributed by atoms with Crippen molar-refractivity contribution in [2.45, 2.75) is 50.1 Å². The van der Waals surface area contributed by atoms with Crippen LogP contribution in [0.1, 0.15) is 71.1 Å². The summed E-state index contributed by atoms with van der Waals surface area (Å²) in [6.07, 6.45) is -9.04. The van der Waals surface area contributed by atoms with E-state index in [4.69, 9.17) is 0 Å². The van der Waals surface area contributed by atoms with Gasteiger partial charge in [0.15, 0.2) is 11.6 Å². The van der Waals surface area contributed by atoms with E-state index in [2.05, 4.69) is 0 Å². The van der Waals surface area contributed by atoms with Crippen LogP contribution in [0, 0.1) is 22.7 Å². The molecule has 2 atom stereocenters. The number of amides is 6. The Labute approximate surface area is 500 Å². The lowest BCUT2D eigenvalue weighted by atomic mass is 9.92. The Balaban J connectivity index is 0.0000101. The highest BCUT2D eigenvalue weighted by molar-refractivity contribution is 6.09. The van der Waals surface area contributed by atoms with Crippen LogP contribution in [0.5, 0.6) is 0 Å². The zero-order chi connectivity index (χ0) is 60.3. The van der Waals surface area contributed by atoms with Crippen molar-refractivity contribution in [1.29, 1.82) is 10.5 Å². The Morgan fingerprint density at radius 3 is 1.26 bits per heavy atom. The first kappa shape index (κ1) is 63.9. The van der Waals surface area contributed by atoms with Crippen LogP contribution in [-0.4, -0.2) is 177 Å². The summed E-state index contributed by atoms with van der Waals surface area (Å²) in [4.78, 5) is 98.5. The molecule has 4 aliphatic heterocycles. The molecular weight excluding hydrogens is 1210 g/mol. The van der Waals surface area contributed by atoms with Gasteiger partial charge in [0.1, 0.15) is 0 Å². The van der Waals surface area contributed by atoms with Gasteiger partial charge in [0.25, 0.3) is 11.8 Å². The first-order chi connectivity index (χ1) is 39.2. The molecule has 0 bridgehead atoms. The summed E-state index contributed by atoms with van der Waals surface area (Å²) in [5, 5.41) is 19.2. The van der Waals surface area contributed by atoms with Crippen molar-refractivity contribution in [3.8, 4) is 12.1 Å². The van der Waals surface area contributed by atoms with Gasteiger partial charge < -0.3 is 57.9 Å². The predicted octanol–water partition coefficient (Wildman–Crippen LogP) is 5.23. The Hall–Kier alpha value is -7.65. The summed E-state index contributed by atoms with van der Waals surface area (Å²) in [5.41, 5.74) is -0.319. The molecule has 0 unspecified atom stereocenters. The van der Waals surface area contributed by atoms with Gasteiger partial charge in [0, 0.05) is 51.9 Å². The monoisotopic (exact) mass is 1280 g/mol. The summed E-state index contributed by atoms with van der Waals surface area (Å²) < 4.78 is 85.1. The quantitative estimate of drug-likeness (QED) is 0.0576. The molecular formula is C60H64F6IN11O6. The average molecular weight is 1280 g/mol. The second-order valence-electron chi connectivity index (χ2n) is 22.3. The maximum atomic E-state index is 14.9. The lowest BCUT2D eigenvalue weighted by Crippen LogP contribution is -3.00. The SMILES string of the molecule is CN(C)CCN1CC2=C(C1=O)[C@@H](c1ccc(C#N)cc1)N(CC(=O)CCC[N+](C)(C)CCCC(=O)CN1C(=O)N(c3cccc(C(F)(F)F)c3)C3=C(C(=O)N(CCN(C)C)C3)[C@H]1c1ccc(C#N)cc1)C(=O)N2c1cccc(C(F)(F)F)c1.[I-]. The molecule has 6 amide bonds. The van der Waals surface area contributed by atoms with Crippen LogP contribution >= 0.6 is 0 Å². The molecule has 0 aromatic heterocycles. The van der Waals surface area contributed by atoms with Gasteiger partial charge in [-0.2, -0.15) is 36.9 Å². The number of alkyl halides is 6. The second kappa shape index (κ2) is 26.1. The molecule has 0 radical (unpaired) electrons. The third-order valence-electron chi connectivity index (χ3n) is 15.3. The van der Waals surface area contributed by atoms with Crippen LogP contribution in [0.3, 0.4) is 0 Å². The summed E-state index contributed by atoms with van der Waals surface area (Å²) in [5.74, 6) is -1.73. The standard InChI is InChI=1S/C60H64F6N11O6.HI/c1-69(2)25-27-71-37-49-51(55(71)80)53(41-21-17-39(33-67)18-22-41)73(57(82)75(49)45-13-7-11-43(31-45)59(61,62)63)35-47(78)15-9-29-77(5,6)30-10-16-48(79)36-74-54(42-23-19-40(34-68)20-24-42)52-50(38-72(56(52)81)28-26-70(3)4)76(58(74)83)46-14-8-12-44(32-46)60(64,65)66;/h7-8,11-14,17-24,31-32,53-54H,9-10,15-16,25-30,35-38H2,1-6H3;1H/q+1;/p-1/t53-,54-;/m1./s1. The summed E-state index contributed by atoms with van der Waals surface area (Å²) in [7, 11) is 11.1. The highest BCUT2D eigenvalue weighted by Crippen LogP contribution is 2.46. The van der Waals surface area contributed by atoms with Crippen LogP contribution in [0.4, 0.5) is 47.3 Å². The number of Topliss-reactive ketones (excluding diaryl/α,β-unsaturated/α-hetero) is 2. The number of carbonyl (C=O) groups is 6. The van der Waals surface area contributed by atoms with E-state index in [0.717, 1.165) is 34.1 Å². The Morgan fingerprint density at radius 1 is 0.583 bits per heavy atom. The van der Waals surface area contributed by atoms with E-state index in [1.807, 2.05) is 64.2 Å². The molecule has 0 saturated carbocycles. The van der Waals surface area contributed by atoms with E-state index >= 15 is 0 Å². The molecule has 4 heterocycles. The van der Waals surface area contributed by atoms with E-state index in [1.54, 1.807) is 24.3 Å². The van der Waals surface area contributed by atoms with Gasteiger partial charge in [-0.25, -0.2) is 9.59 Å². The first-order valence-corrected chi connectivity index (χ1v) is 27.0. The minimum absolute atomic E-state index is 0. The van der Waals surface area contributed by atoms with Crippen LogP contribution in [0.15, 0.2) is 120 Å². The number of carbonyl (C=O) groups excluding carboxylic acids is 6. The van der Waals surface area contributed by atoms with E-state index in [0.29, 0.717) is 65.8 Å². The molecule has 84 heavy (non-hydrogen) atoms. The third-order valence-corrected chi connectivity index (χ3v) is 15.3. The Bertz CT molecular complexity index is 3120. The lowest BCUT2D eigenvalue weighted by molar-refractivity contribution is -0.890. The molecule has 4 aliphatic rings. The fraction of sp³-hybridized carbons (Fsp3) is 0.400. The lowest BCUT2D eigenvalue weighted by Gasteiger charge is -2.41. The molecule has 0 saturated heterocycles. The van der Waals surface area contributed by atoms with E-state index in [-0.39, 0.29) is 96.9 Å². The Kier molecular flexibility index (Phi) is 19.9. The fourth-order valence-corrected chi connectivity index (χ4v) is 10.9. The predicted molar refractivity (Wildman–Crippen MR) is 294 cm³/mol. The van der Waals surface area contributed by atoms with Crippen molar-refractivity contribution < 1.29 is 83.6 Å². The first-order valence-electron chi connectivity index (χ1n) is 27.0. The van der Waals surface area contributed by atoms with Crippen molar-refractivity contribution in [3.63, 3.8) is 0 Å². The highest BCUT2D eigenvalue weighted by Gasteiger charge is 2.51. The molecule has 444 valence electrons. The molecule has 0 aliphatic carbocycles. The minimum Gasteiger partial charge on any atom is -1.00 e. The molecule has 17 nitrogen and oxygen atoms in total. The van der Waals surface area contributed by atoms with Gasteiger partial charge in [0.2, 0.25) is 0 Å². The molecule has 24 heteroatoms. The van der Waals surface area contributed by atoms with E-state index < -0.39 is 84.1 Å². The third kappa shape index (κ3) is 14.1. The van der Waals surface area contributed by atoms with Crippen molar-refractivity contribution in [1.82, 2.24) is 29.4 Å². The van der Waals surface area contributed by atoms with Gasteiger partial charge in [-0.1, -0.05) is 36.4 Å². The van der Waals surface area contributed by atoms with E-state index in [1.165, 1.54) is 68.1 Å². The summed E-state index contributed by atoms with van der Waals surface area (Å²) in [6, 6.07) is 21.0. The fourth-order valence-electron chi connectivity index (χ4n) is 10.9. The zero-order valence-electron chi connectivity index (χ0n) is 47.3. The van der Waals surface area contributed by atoms with Gasteiger partial charge in [-0.15, -0.1) is 0 Å². The maximum Gasteiger partial charge on any atom is 0.416 e. The van der Waals surface area contributed by atoms with Gasteiger partial charge in [-0.3, -0.25) is 29.0 Å². The normalized spacial score (nSPS) is 17.6. The van der Waals surface area contributed by atoms with Crippen LogP contribution < -0.4 is 33.8 Å². The minimum atomic E-state index is -4.76. The number of hydrogen-bond donors (Lipinski definition) is 0. The molecule has 0 fully saturated rings. The number of rotatable bonds is 22. The number of urea groups is 2. The summed E-state index contributed by atoms with van der Waals surface area (Å²) in [6.45, 7) is 0.904. The van der Waals surface area contributed by atoms with Crippen LogP contribution in [0.25, 0.3) is 0 Å². The van der Waals surface area contributed by atoms with Crippen molar-refractivity contribution >= 4 is 46.8 Å². The number of likely N-dealkylation sites (N-methyl/N-ethyl adjacent to an activating group) is 2. The van der Waals surface area contributed by atoms with Crippen molar-refractivity contribution in [2.24, 2.45) is 0 Å². The van der Waals surface area contributed by atoms with Crippen LogP contribution in [-0.2, 0) is 31.5 Å². The maximum absolute atomic E-state index is 14.9. The number of anilines is 2. The van der Waals surface area contributed by atoms with E-state index in [9.17, 15) is 65.6 Å². The number of quaternary nitrogens is 1. The molecule has 0 N–H and O–H groups in total.